The van der Waals surface area contributed by atoms with Gasteiger partial charge in [-0.2, -0.15) is 13.2 Å². The molecule has 0 bridgehead atoms. The first-order valence-corrected chi connectivity index (χ1v) is 11.5. The summed E-state index contributed by atoms with van der Waals surface area (Å²) in [5, 5.41) is 32.0. The van der Waals surface area contributed by atoms with Gasteiger partial charge in [0, 0.05) is 60.2 Å². The molecule has 2 aliphatic rings. The number of benzene rings is 2. The van der Waals surface area contributed by atoms with E-state index in [1.807, 2.05) is 0 Å². The zero-order valence-electron chi connectivity index (χ0n) is 17.6. The Morgan fingerprint density at radius 1 is 0.938 bits per heavy atom. The molecule has 2 aliphatic heterocycles. The van der Waals surface area contributed by atoms with Crippen LogP contribution in [0.25, 0.3) is 0 Å². The Labute approximate surface area is 189 Å². The van der Waals surface area contributed by atoms with Crippen molar-refractivity contribution in [3.8, 4) is 0 Å². The maximum absolute atomic E-state index is 13.4. The van der Waals surface area contributed by atoms with Gasteiger partial charge in [-0.3, -0.25) is 4.90 Å². The Bertz CT molecular complexity index is 950. The zero-order valence-corrected chi connectivity index (χ0v) is 18.4. The van der Waals surface area contributed by atoms with Gasteiger partial charge in [0.15, 0.2) is 0 Å². The summed E-state index contributed by atoms with van der Waals surface area (Å²) in [6.07, 6.45) is -5.61. The number of hydrogen-bond donors (Lipinski definition) is 3. The minimum absolute atomic E-state index is 0.0938. The molecule has 3 N–H and O–H groups in total. The molecule has 0 aromatic heterocycles. The van der Waals surface area contributed by atoms with Crippen LogP contribution in [-0.4, -0.2) is 77.1 Å². The second-order valence-corrected chi connectivity index (χ2v) is 9.37. The third-order valence-corrected chi connectivity index (χ3v) is 7.47. The molecule has 5 nitrogen and oxygen atoms in total. The molecule has 174 valence electrons. The number of fused-ring (bicyclic) bond motifs is 2. The van der Waals surface area contributed by atoms with Gasteiger partial charge in [0.05, 0.1) is 18.3 Å². The van der Waals surface area contributed by atoms with Gasteiger partial charge in [-0.05, 0) is 30.7 Å². The van der Waals surface area contributed by atoms with Crippen LogP contribution in [0.4, 0.5) is 13.2 Å². The lowest BCUT2D eigenvalue weighted by molar-refractivity contribution is -0.138. The van der Waals surface area contributed by atoms with Crippen LogP contribution >= 0.6 is 11.8 Å². The van der Waals surface area contributed by atoms with E-state index in [4.69, 9.17) is 5.11 Å². The van der Waals surface area contributed by atoms with Gasteiger partial charge >= 0.3 is 6.18 Å². The Balaban J connectivity index is 1.59. The topological polar surface area (TPSA) is 67.2 Å². The van der Waals surface area contributed by atoms with E-state index >= 15 is 0 Å². The molecule has 0 unspecified atom stereocenters. The van der Waals surface area contributed by atoms with E-state index in [0.717, 1.165) is 43.2 Å². The van der Waals surface area contributed by atoms with Crippen molar-refractivity contribution in [1.29, 1.82) is 0 Å². The van der Waals surface area contributed by atoms with Crippen molar-refractivity contribution in [2.45, 2.75) is 34.1 Å². The molecule has 2 atom stereocenters. The minimum atomic E-state index is -4.54. The van der Waals surface area contributed by atoms with Crippen LogP contribution in [0.1, 0.15) is 23.1 Å². The first-order valence-electron chi connectivity index (χ1n) is 10.7. The Morgan fingerprint density at radius 3 is 2.22 bits per heavy atom. The van der Waals surface area contributed by atoms with Crippen molar-refractivity contribution in [2.75, 3.05) is 45.9 Å². The van der Waals surface area contributed by atoms with Gasteiger partial charge in [-0.1, -0.05) is 30.0 Å². The number of piperazine rings is 1. The molecule has 2 aromatic carbocycles. The van der Waals surface area contributed by atoms with Gasteiger partial charge < -0.3 is 20.2 Å². The second-order valence-electron chi connectivity index (χ2n) is 8.28. The van der Waals surface area contributed by atoms with E-state index in [2.05, 4.69) is 9.80 Å². The summed E-state index contributed by atoms with van der Waals surface area (Å²) in [6.45, 7) is 4.40. The number of nitrogens with zero attached hydrogens (tertiary/aromatic N) is 2. The van der Waals surface area contributed by atoms with Crippen molar-refractivity contribution in [2.24, 2.45) is 0 Å². The van der Waals surface area contributed by atoms with Crippen molar-refractivity contribution in [1.82, 2.24) is 9.80 Å². The van der Waals surface area contributed by atoms with Crippen LogP contribution < -0.4 is 0 Å². The van der Waals surface area contributed by atoms with E-state index < -0.39 is 23.4 Å². The molecule has 0 aliphatic carbocycles. The van der Waals surface area contributed by atoms with Crippen LogP contribution in [0.15, 0.2) is 52.3 Å². The lowest BCUT2D eigenvalue weighted by Crippen LogP contribution is -2.49. The fraction of sp³-hybridized carbons (Fsp3) is 0.478. The molecule has 4 rings (SSSR count). The SMILES string of the molecule is OCCN1CCN(CC[C@@H](O)[C@]2(O)c3ccccc3Sc3ccc(C(F)(F)F)cc32)CC1. The van der Waals surface area contributed by atoms with Crippen LogP contribution in [0.3, 0.4) is 0 Å². The molecular weight excluding hydrogens is 441 g/mol. The molecule has 9 heteroatoms. The van der Waals surface area contributed by atoms with E-state index in [1.165, 1.54) is 17.8 Å². The standard InChI is InChI=1S/C23H27F3N2O3S/c24-23(25,26)16-5-6-20-18(15-16)22(31,17-3-1-2-4-19(17)32-20)21(30)7-8-27-9-11-28(12-10-27)13-14-29/h1-6,15,21,29-31H,7-14H2/t21-,22+/m1/s1. The number of alkyl halides is 3. The normalized spacial score (nSPS) is 22.9. The van der Waals surface area contributed by atoms with E-state index in [-0.39, 0.29) is 18.6 Å². The highest BCUT2D eigenvalue weighted by atomic mass is 32.2. The van der Waals surface area contributed by atoms with E-state index in [1.54, 1.807) is 24.3 Å². The van der Waals surface area contributed by atoms with Crippen molar-refractivity contribution >= 4 is 11.8 Å². The molecule has 0 radical (unpaired) electrons. The molecule has 1 fully saturated rings. The molecule has 0 amide bonds. The van der Waals surface area contributed by atoms with Crippen LogP contribution in [0.2, 0.25) is 0 Å². The summed E-state index contributed by atoms with van der Waals surface area (Å²) in [6, 6.07) is 10.3. The van der Waals surface area contributed by atoms with Crippen LogP contribution in [0, 0.1) is 0 Å². The Morgan fingerprint density at radius 2 is 1.56 bits per heavy atom. The summed E-state index contributed by atoms with van der Waals surface area (Å²) in [5.41, 5.74) is -2.26. The molecule has 32 heavy (non-hydrogen) atoms. The van der Waals surface area contributed by atoms with Crippen molar-refractivity contribution in [3.05, 3.63) is 59.2 Å². The first kappa shape index (κ1) is 23.5. The molecule has 1 saturated heterocycles. The number of hydrogen-bond acceptors (Lipinski definition) is 6. The van der Waals surface area contributed by atoms with Gasteiger partial charge in [-0.15, -0.1) is 0 Å². The van der Waals surface area contributed by atoms with Gasteiger partial charge in [-0.25, -0.2) is 0 Å². The van der Waals surface area contributed by atoms with E-state index in [9.17, 15) is 23.4 Å². The molecular formula is C23H27F3N2O3S. The predicted molar refractivity (Wildman–Crippen MR) is 116 cm³/mol. The lowest BCUT2D eigenvalue weighted by Gasteiger charge is -2.41. The summed E-state index contributed by atoms with van der Waals surface area (Å²) in [5.74, 6) is 0. The highest BCUT2D eigenvalue weighted by Gasteiger charge is 2.46. The van der Waals surface area contributed by atoms with Gasteiger partial charge in [0.2, 0.25) is 0 Å². The van der Waals surface area contributed by atoms with Gasteiger partial charge in [0.1, 0.15) is 5.60 Å². The third kappa shape index (κ3) is 4.55. The van der Waals surface area contributed by atoms with Gasteiger partial charge in [0.25, 0.3) is 0 Å². The molecule has 0 saturated carbocycles. The summed E-state index contributed by atoms with van der Waals surface area (Å²) < 4.78 is 40.2. The fourth-order valence-corrected chi connectivity index (χ4v) is 5.66. The van der Waals surface area contributed by atoms with Crippen molar-refractivity contribution < 1.29 is 28.5 Å². The number of β-amino-alcohol motifs (C(OH)–C–C–N with tert-alkyl or cyclic N) is 1. The predicted octanol–water partition coefficient (Wildman–Crippen LogP) is 2.77. The summed E-state index contributed by atoms with van der Waals surface area (Å²) in [4.78, 5) is 5.55. The second kappa shape index (κ2) is 9.32. The Kier molecular flexibility index (Phi) is 6.86. The first-order chi connectivity index (χ1) is 15.2. The highest BCUT2D eigenvalue weighted by molar-refractivity contribution is 7.99. The largest absolute Gasteiger partial charge is 0.416 e. The summed E-state index contributed by atoms with van der Waals surface area (Å²) in [7, 11) is 0. The third-order valence-electron chi connectivity index (χ3n) is 6.32. The highest BCUT2D eigenvalue weighted by Crippen LogP contribution is 2.51. The quantitative estimate of drug-likeness (QED) is 0.606. The molecule has 2 heterocycles. The summed E-state index contributed by atoms with van der Waals surface area (Å²) >= 11 is 1.30. The number of rotatable bonds is 6. The zero-order chi connectivity index (χ0) is 22.9. The maximum atomic E-state index is 13.4. The maximum Gasteiger partial charge on any atom is 0.416 e. The average Bonchev–Trinajstić information content (AvgIpc) is 2.78. The molecule has 2 aromatic rings. The minimum Gasteiger partial charge on any atom is -0.395 e. The van der Waals surface area contributed by atoms with E-state index in [0.29, 0.717) is 23.5 Å². The smallest absolute Gasteiger partial charge is 0.395 e. The number of halogens is 3. The lowest BCUT2D eigenvalue weighted by atomic mass is 9.79. The number of aliphatic hydroxyl groups excluding tert-OH is 2. The van der Waals surface area contributed by atoms with Crippen LogP contribution in [-0.2, 0) is 11.8 Å². The average molecular weight is 469 g/mol. The van der Waals surface area contributed by atoms with Crippen molar-refractivity contribution in [3.63, 3.8) is 0 Å². The van der Waals surface area contributed by atoms with Crippen LogP contribution in [0.5, 0.6) is 0 Å². The number of aliphatic hydroxyl groups is 3. The monoisotopic (exact) mass is 468 g/mol. The molecule has 0 spiro atoms. The Hall–Kier alpha value is -1.62. The fourth-order valence-electron chi connectivity index (χ4n) is 4.48.